The number of nitrogens with one attached hydrogen (secondary N) is 1. The van der Waals surface area contributed by atoms with Crippen molar-refractivity contribution in [3.63, 3.8) is 0 Å². The molecule has 0 heterocycles. The fourth-order valence-corrected chi connectivity index (χ4v) is 2.54. The van der Waals surface area contributed by atoms with E-state index in [-0.39, 0.29) is 21.7 Å². The third kappa shape index (κ3) is 4.81. The average Bonchev–Trinajstić information content (AvgIpc) is 2.35. The zero-order chi connectivity index (χ0) is 12.8. The van der Waals surface area contributed by atoms with Gasteiger partial charge in [-0.15, -0.1) is 0 Å². The van der Waals surface area contributed by atoms with E-state index < -0.39 is 0 Å². The number of methoxy groups -OCH3 is 1. The van der Waals surface area contributed by atoms with Crippen LogP contribution < -0.4 is 5.32 Å². The van der Waals surface area contributed by atoms with Gasteiger partial charge >= 0.3 is 5.97 Å². The van der Waals surface area contributed by atoms with Gasteiger partial charge in [-0.05, 0) is 31.6 Å². The molecule has 0 saturated heterocycles. The maximum absolute atomic E-state index is 11.9. The number of ether oxygens (including phenoxy) is 1. The van der Waals surface area contributed by atoms with Crippen LogP contribution >= 0.6 is 22.6 Å². The maximum Gasteiger partial charge on any atom is 0.320 e. The lowest BCUT2D eigenvalue weighted by Crippen LogP contribution is -2.38. The van der Waals surface area contributed by atoms with Crippen molar-refractivity contribution >= 4 is 34.5 Å². The number of hydrogen-bond acceptors (Lipinski definition) is 3. The molecule has 1 atom stereocenters. The Labute approximate surface area is 116 Å². The van der Waals surface area contributed by atoms with Gasteiger partial charge in [0.1, 0.15) is 3.92 Å². The Balaban J connectivity index is 2.27. The summed E-state index contributed by atoms with van der Waals surface area (Å²) in [6.07, 6.45) is 4.19. The summed E-state index contributed by atoms with van der Waals surface area (Å²) < 4.78 is 4.30. The van der Waals surface area contributed by atoms with Crippen LogP contribution in [-0.2, 0) is 14.3 Å². The number of carbonyl (C=O) groups excluding carboxylic acids is 2. The standard InChI is InChI=1S/C12H20INO3/c1-8-3-5-9(6-4-8)11(15)14-7-10(13)12(16)17-2/h8-10H,3-7H2,1-2H3,(H,14,15). The van der Waals surface area contributed by atoms with E-state index in [0.717, 1.165) is 31.6 Å². The Hall–Kier alpha value is -0.330. The first kappa shape index (κ1) is 14.7. The van der Waals surface area contributed by atoms with Crippen molar-refractivity contribution in [2.75, 3.05) is 13.7 Å². The molecular formula is C12H20INO3. The van der Waals surface area contributed by atoms with E-state index >= 15 is 0 Å². The van der Waals surface area contributed by atoms with Crippen LogP contribution in [0.25, 0.3) is 0 Å². The third-order valence-electron chi connectivity index (χ3n) is 3.30. The quantitative estimate of drug-likeness (QED) is 0.477. The minimum Gasteiger partial charge on any atom is -0.468 e. The topological polar surface area (TPSA) is 55.4 Å². The SMILES string of the molecule is COC(=O)C(I)CNC(=O)C1CCC(C)CC1. The zero-order valence-corrected chi connectivity index (χ0v) is 12.5. The van der Waals surface area contributed by atoms with Crippen LogP contribution in [0.15, 0.2) is 0 Å². The van der Waals surface area contributed by atoms with Gasteiger partial charge in [0.2, 0.25) is 5.91 Å². The second-order valence-corrected chi connectivity index (χ2v) is 6.20. The van der Waals surface area contributed by atoms with Crippen LogP contribution in [0, 0.1) is 11.8 Å². The summed E-state index contributed by atoms with van der Waals surface area (Å²) in [5.41, 5.74) is 0. The predicted molar refractivity (Wildman–Crippen MR) is 74.0 cm³/mol. The number of halogens is 1. The largest absolute Gasteiger partial charge is 0.468 e. The highest BCUT2D eigenvalue weighted by Gasteiger charge is 2.25. The Kier molecular flexibility index (Phi) is 6.22. The molecule has 1 N–H and O–H groups in total. The van der Waals surface area contributed by atoms with Crippen LogP contribution in [0.1, 0.15) is 32.6 Å². The Bertz CT molecular complexity index is 275. The maximum atomic E-state index is 11.9. The smallest absolute Gasteiger partial charge is 0.320 e. The molecule has 5 heteroatoms. The van der Waals surface area contributed by atoms with Gasteiger partial charge in [-0.1, -0.05) is 29.5 Å². The molecule has 1 amide bonds. The van der Waals surface area contributed by atoms with Gasteiger partial charge < -0.3 is 10.1 Å². The van der Waals surface area contributed by atoms with Gasteiger partial charge in [0.05, 0.1) is 7.11 Å². The van der Waals surface area contributed by atoms with Crippen molar-refractivity contribution in [3.8, 4) is 0 Å². The molecule has 1 rings (SSSR count). The molecule has 0 bridgehead atoms. The number of rotatable bonds is 4. The third-order valence-corrected chi connectivity index (χ3v) is 4.25. The van der Waals surface area contributed by atoms with E-state index in [4.69, 9.17) is 0 Å². The van der Waals surface area contributed by atoms with Crippen LogP contribution in [0.4, 0.5) is 0 Å². The second-order valence-electron chi connectivity index (χ2n) is 4.69. The molecule has 0 aromatic heterocycles. The zero-order valence-electron chi connectivity index (χ0n) is 10.4. The van der Waals surface area contributed by atoms with Gasteiger partial charge in [-0.25, -0.2) is 0 Å². The Morgan fingerprint density at radius 2 is 1.94 bits per heavy atom. The van der Waals surface area contributed by atoms with E-state index in [1.54, 1.807) is 0 Å². The monoisotopic (exact) mass is 353 g/mol. The number of alkyl halides is 1. The lowest BCUT2D eigenvalue weighted by molar-refractivity contribution is -0.139. The highest BCUT2D eigenvalue weighted by atomic mass is 127. The summed E-state index contributed by atoms with van der Waals surface area (Å²) >= 11 is 1.99. The molecule has 1 fully saturated rings. The molecule has 4 nitrogen and oxygen atoms in total. The van der Waals surface area contributed by atoms with E-state index in [1.165, 1.54) is 7.11 Å². The molecule has 0 aromatic carbocycles. The molecule has 0 aliphatic heterocycles. The van der Waals surface area contributed by atoms with Crippen molar-refractivity contribution in [1.29, 1.82) is 0 Å². The molecular weight excluding hydrogens is 333 g/mol. The molecule has 0 spiro atoms. The normalized spacial score (nSPS) is 26.1. The highest BCUT2D eigenvalue weighted by molar-refractivity contribution is 14.1. The van der Waals surface area contributed by atoms with Crippen molar-refractivity contribution in [2.24, 2.45) is 11.8 Å². The molecule has 1 unspecified atom stereocenters. The van der Waals surface area contributed by atoms with Gasteiger partial charge in [0, 0.05) is 12.5 Å². The lowest BCUT2D eigenvalue weighted by Gasteiger charge is -2.25. The molecule has 1 aliphatic carbocycles. The van der Waals surface area contributed by atoms with E-state index in [2.05, 4.69) is 17.0 Å². The van der Waals surface area contributed by atoms with Crippen molar-refractivity contribution in [3.05, 3.63) is 0 Å². The molecule has 17 heavy (non-hydrogen) atoms. The van der Waals surface area contributed by atoms with Gasteiger partial charge in [0.15, 0.2) is 0 Å². The van der Waals surface area contributed by atoms with Crippen molar-refractivity contribution < 1.29 is 14.3 Å². The minimum absolute atomic E-state index is 0.0856. The fraction of sp³-hybridized carbons (Fsp3) is 0.833. The highest BCUT2D eigenvalue weighted by Crippen LogP contribution is 2.28. The second kappa shape index (κ2) is 7.18. The van der Waals surface area contributed by atoms with Crippen molar-refractivity contribution in [2.45, 2.75) is 36.5 Å². The number of esters is 1. The molecule has 98 valence electrons. The summed E-state index contributed by atoms with van der Waals surface area (Å²) in [6, 6.07) is 0. The first-order valence-corrected chi connectivity index (χ1v) is 7.28. The molecule has 1 aliphatic rings. The van der Waals surface area contributed by atoms with Crippen LogP contribution in [0.3, 0.4) is 0 Å². The van der Waals surface area contributed by atoms with Crippen molar-refractivity contribution in [1.82, 2.24) is 5.32 Å². The molecule has 1 saturated carbocycles. The van der Waals surface area contributed by atoms with Crippen LogP contribution in [0.2, 0.25) is 0 Å². The van der Waals surface area contributed by atoms with Gasteiger partial charge in [0.25, 0.3) is 0 Å². The van der Waals surface area contributed by atoms with Crippen LogP contribution in [-0.4, -0.2) is 29.5 Å². The summed E-state index contributed by atoms with van der Waals surface area (Å²) in [5, 5.41) is 2.83. The molecule has 0 radical (unpaired) electrons. The first-order valence-electron chi connectivity index (χ1n) is 6.04. The average molecular weight is 353 g/mol. The summed E-state index contributed by atoms with van der Waals surface area (Å²) in [4.78, 5) is 23.0. The summed E-state index contributed by atoms with van der Waals surface area (Å²) in [7, 11) is 1.36. The fourth-order valence-electron chi connectivity index (χ4n) is 2.07. The van der Waals surface area contributed by atoms with E-state index in [1.807, 2.05) is 22.6 Å². The molecule has 0 aromatic rings. The van der Waals surface area contributed by atoms with Gasteiger partial charge in [-0.3, -0.25) is 9.59 Å². The predicted octanol–water partition coefficient (Wildman–Crippen LogP) is 1.91. The number of amides is 1. The lowest BCUT2D eigenvalue weighted by atomic mass is 9.82. The van der Waals surface area contributed by atoms with E-state index in [9.17, 15) is 9.59 Å². The summed E-state index contributed by atoms with van der Waals surface area (Å²) in [5.74, 6) is 0.671. The van der Waals surface area contributed by atoms with Crippen LogP contribution in [0.5, 0.6) is 0 Å². The number of carbonyl (C=O) groups is 2. The summed E-state index contributed by atoms with van der Waals surface area (Å²) in [6.45, 7) is 2.59. The minimum atomic E-state index is -0.302. The Morgan fingerprint density at radius 3 is 2.47 bits per heavy atom. The number of hydrogen-bond donors (Lipinski definition) is 1. The first-order chi connectivity index (χ1) is 8.04. The van der Waals surface area contributed by atoms with E-state index in [0.29, 0.717) is 6.54 Å². The van der Waals surface area contributed by atoms with Gasteiger partial charge in [-0.2, -0.15) is 0 Å². The Morgan fingerprint density at radius 1 is 1.35 bits per heavy atom.